The van der Waals surface area contributed by atoms with Crippen molar-refractivity contribution in [2.45, 2.75) is 6.92 Å². The molecule has 0 radical (unpaired) electrons. The second-order valence-corrected chi connectivity index (χ2v) is 3.59. The lowest BCUT2D eigenvalue weighted by atomic mass is 10.2. The van der Waals surface area contributed by atoms with Crippen molar-refractivity contribution in [2.24, 2.45) is 0 Å². The molecule has 0 saturated heterocycles. The minimum absolute atomic E-state index is 0.894. The molecular formula is C8H12BrNO. The van der Waals surface area contributed by atoms with Crippen LogP contribution in [0.2, 0.25) is 0 Å². The highest BCUT2D eigenvalue weighted by Crippen LogP contribution is 2.22. The fourth-order valence-corrected chi connectivity index (χ4v) is 1.49. The van der Waals surface area contributed by atoms with E-state index >= 15 is 0 Å². The van der Waals surface area contributed by atoms with Crippen molar-refractivity contribution in [1.82, 2.24) is 4.90 Å². The standard InChI is InChI=1S/C8H12BrNO/c1-6-4-8(11-3)10(2)5-7(6)9/h4H,5H2,1-3H3. The number of allylic oxidation sites excluding steroid dienone is 2. The molecule has 11 heavy (non-hydrogen) atoms. The van der Waals surface area contributed by atoms with Crippen LogP contribution in [-0.4, -0.2) is 25.6 Å². The molecule has 0 fully saturated rings. The number of halogens is 1. The summed E-state index contributed by atoms with van der Waals surface area (Å²) in [6.45, 7) is 2.96. The molecule has 0 aliphatic carbocycles. The average molecular weight is 218 g/mol. The maximum absolute atomic E-state index is 5.15. The third-order valence-electron chi connectivity index (χ3n) is 1.73. The summed E-state index contributed by atoms with van der Waals surface area (Å²) in [7, 11) is 3.69. The van der Waals surface area contributed by atoms with E-state index in [0.29, 0.717) is 0 Å². The van der Waals surface area contributed by atoms with Gasteiger partial charge in [-0.3, -0.25) is 0 Å². The lowest BCUT2D eigenvalue weighted by Crippen LogP contribution is -2.23. The molecule has 1 aliphatic heterocycles. The summed E-state index contributed by atoms with van der Waals surface area (Å²) in [5.74, 6) is 0.922. The van der Waals surface area contributed by atoms with Crippen LogP contribution in [0.1, 0.15) is 6.92 Å². The molecule has 0 N–H and O–H groups in total. The molecule has 0 aromatic heterocycles. The van der Waals surface area contributed by atoms with Gasteiger partial charge in [-0.25, -0.2) is 0 Å². The van der Waals surface area contributed by atoms with Crippen molar-refractivity contribution >= 4 is 15.9 Å². The van der Waals surface area contributed by atoms with E-state index in [2.05, 4.69) is 27.8 Å². The van der Waals surface area contributed by atoms with Crippen LogP contribution in [0.5, 0.6) is 0 Å². The van der Waals surface area contributed by atoms with E-state index in [1.165, 1.54) is 10.1 Å². The summed E-state index contributed by atoms with van der Waals surface area (Å²) >= 11 is 3.49. The van der Waals surface area contributed by atoms with Gasteiger partial charge < -0.3 is 9.64 Å². The quantitative estimate of drug-likeness (QED) is 0.668. The van der Waals surface area contributed by atoms with Gasteiger partial charge in [-0.15, -0.1) is 0 Å². The van der Waals surface area contributed by atoms with Gasteiger partial charge in [0.1, 0.15) is 0 Å². The van der Waals surface area contributed by atoms with Gasteiger partial charge in [-0.05, 0) is 12.5 Å². The Balaban J connectivity index is 2.87. The Morgan fingerprint density at radius 1 is 1.64 bits per heavy atom. The Hall–Kier alpha value is -0.440. The highest BCUT2D eigenvalue weighted by Gasteiger charge is 2.12. The molecular weight excluding hydrogens is 206 g/mol. The van der Waals surface area contributed by atoms with Crippen LogP contribution < -0.4 is 0 Å². The first-order valence-electron chi connectivity index (χ1n) is 3.47. The number of likely N-dealkylation sites (N-methyl/N-ethyl adjacent to an activating group) is 1. The molecule has 62 valence electrons. The van der Waals surface area contributed by atoms with E-state index < -0.39 is 0 Å². The molecule has 2 nitrogen and oxygen atoms in total. The normalized spacial score (nSPS) is 18.5. The number of hydrogen-bond acceptors (Lipinski definition) is 2. The van der Waals surface area contributed by atoms with Gasteiger partial charge in [-0.1, -0.05) is 15.9 Å². The summed E-state index contributed by atoms with van der Waals surface area (Å²) in [6.07, 6.45) is 2.02. The SMILES string of the molecule is COC1=CC(C)=C(Br)CN1C. The van der Waals surface area contributed by atoms with E-state index in [4.69, 9.17) is 4.74 Å². The number of ether oxygens (including phenoxy) is 1. The van der Waals surface area contributed by atoms with Gasteiger partial charge in [0.25, 0.3) is 0 Å². The Labute approximate surface area is 75.6 Å². The first kappa shape index (κ1) is 8.65. The number of rotatable bonds is 1. The molecule has 0 amide bonds. The highest BCUT2D eigenvalue weighted by atomic mass is 79.9. The first-order chi connectivity index (χ1) is 5.15. The number of methoxy groups -OCH3 is 1. The van der Waals surface area contributed by atoms with Crippen LogP contribution in [0.25, 0.3) is 0 Å². The first-order valence-corrected chi connectivity index (χ1v) is 4.26. The maximum atomic E-state index is 5.15. The van der Waals surface area contributed by atoms with Crippen LogP contribution in [0.15, 0.2) is 22.0 Å². The van der Waals surface area contributed by atoms with E-state index in [1.54, 1.807) is 7.11 Å². The van der Waals surface area contributed by atoms with Crippen LogP contribution in [0, 0.1) is 0 Å². The molecule has 1 rings (SSSR count). The number of nitrogens with zero attached hydrogens (tertiary/aromatic N) is 1. The van der Waals surface area contributed by atoms with E-state index in [0.717, 1.165) is 12.4 Å². The molecule has 1 heterocycles. The largest absolute Gasteiger partial charge is 0.482 e. The maximum Gasteiger partial charge on any atom is 0.189 e. The average Bonchev–Trinajstić information content (AvgIpc) is 1.97. The van der Waals surface area contributed by atoms with Gasteiger partial charge in [0.15, 0.2) is 5.88 Å². The summed E-state index contributed by atoms with van der Waals surface area (Å²) in [5, 5.41) is 0. The van der Waals surface area contributed by atoms with E-state index in [-0.39, 0.29) is 0 Å². The van der Waals surface area contributed by atoms with Crippen molar-refractivity contribution in [2.75, 3.05) is 20.7 Å². The summed E-state index contributed by atoms with van der Waals surface area (Å²) in [4.78, 5) is 2.05. The molecule has 0 aromatic rings. The van der Waals surface area contributed by atoms with Gasteiger partial charge in [0.05, 0.1) is 13.7 Å². The zero-order valence-corrected chi connectivity index (χ0v) is 8.60. The second kappa shape index (κ2) is 3.30. The van der Waals surface area contributed by atoms with Gasteiger partial charge in [0.2, 0.25) is 0 Å². The fraction of sp³-hybridized carbons (Fsp3) is 0.500. The predicted octanol–water partition coefficient (Wildman–Crippen LogP) is 2.09. The molecule has 3 heteroatoms. The monoisotopic (exact) mass is 217 g/mol. The molecule has 0 bridgehead atoms. The Bertz CT molecular complexity index is 220. The molecule has 0 spiro atoms. The lowest BCUT2D eigenvalue weighted by Gasteiger charge is -2.25. The zero-order valence-electron chi connectivity index (χ0n) is 7.02. The van der Waals surface area contributed by atoms with Crippen LogP contribution in [0.3, 0.4) is 0 Å². The van der Waals surface area contributed by atoms with Crippen LogP contribution in [0.4, 0.5) is 0 Å². The fourth-order valence-electron chi connectivity index (χ4n) is 0.999. The van der Waals surface area contributed by atoms with Crippen molar-refractivity contribution in [3.05, 3.63) is 22.0 Å². The van der Waals surface area contributed by atoms with Crippen molar-refractivity contribution in [1.29, 1.82) is 0 Å². The zero-order chi connectivity index (χ0) is 8.43. The van der Waals surface area contributed by atoms with Gasteiger partial charge in [-0.2, -0.15) is 0 Å². The third-order valence-corrected chi connectivity index (χ3v) is 2.61. The van der Waals surface area contributed by atoms with E-state index in [1.807, 2.05) is 13.1 Å². The highest BCUT2D eigenvalue weighted by molar-refractivity contribution is 9.11. The van der Waals surface area contributed by atoms with Crippen molar-refractivity contribution in [3.8, 4) is 0 Å². The minimum atomic E-state index is 0.894. The molecule has 0 aromatic carbocycles. The number of hydrogen-bond donors (Lipinski definition) is 0. The smallest absolute Gasteiger partial charge is 0.189 e. The van der Waals surface area contributed by atoms with Gasteiger partial charge >= 0.3 is 0 Å². The summed E-state index contributed by atoms with van der Waals surface area (Å²) < 4.78 is 6.38. The third kappa shape index (κ3) is 1.77. The molecule has 0 saturated carbocycles. The molecule has 0 atom stereocenters. The molecule has 0 unspecified atom stereocenters. The lowest BCUT2D eigenvalue weighted by molar-refractivity contribution is 0.180. The Morgan fingerprint density at radius 3 is 2.82 bits per heavy atom. The van der Waals surface area contributed by atoms with Gasteiger partial charge in [0, 0.05) is 17.6 Å². The summed E-state index contributed by atoms with van der Waals surface area (Å²) in [5.41, 5.74) is 1.24. The van der Waals surface area contributed by atoms with E-state index in [9.17, 15) is 0 Å². The predicted molar refractivity (Wildman–Crippen MR) is 49.3 cm³/mol. The minimum Gasteiger partial charge on any atom is -0.482 e. The van der Waals surface area contributed by atoms with Crippen LogP contribution in [-0.2, 0) is 4.74 Å². The molecule has 1 aliphatic rings. The van der Waals surface area contributed by atoms with Crippen molar-refractivity contribution in [3.63, 3.8) is 0 Å². The topological polar surface area (TPSA) is 12.5 Å². The Morgan fingerprint density at radius 2 is 2.27 bits per heavy atom. The van der Waals surface area contributed by atoms with Crippen LogP contribution >= 0.6 is 15.9 Å². The van der Waals surface area contributed by atoms with Crippen molar-refractivity contribution < 1.29 is 4.74 Å². The second-order valence-electron chi connectivity index (χ2n) is 2.63. The Kier molecular flexibility index (Phi) is 2.60. The summed E-state index contributed by atoms with van der Waals surface area (Å²) in [6, 6.07) is 0.